The van der Waals surface area contributed by atoms with Gasteiger partial charge in [-0.2, -0.15) is 0 Å². The molecule has 8 aromatic carbocycles. The Morgan fingerprint density at radius 3 is 0.622 bits per heavy atom. The highest BCUT2D eigenvalue weighted by Crippen LogP contribution is 2.30. The summed E-state index contributed by atoms with van der Waals surface area (Å²) in [5, 5.41) is 9.69. The predicted octanol–water partition coefficient (Wildman–Crippen LogP) is 7.68. The summed E-state index contributed by atoms with van der Waals surface area (Å²) in [5.74, 6) is 0. The van der Waals surface area contributed by atoms with Crippen molar-refractivity contribution in [2.75, 3.05) is 40.4 Å². The Kier molecular flexibility index (Phi) is 25.1. The van der Waals surface area contributed by atoms with Gasteiger partial charge in [0.1, 0.15) is 0 Å². The lowest BCUT2D eigenvalue weighted by atomic mass is 10.3. The van der Waals surface area contributed by atoms with Gasteiger partial charge in [-0.1, -0.05) is 255 Å². The molecule has 0 atom stereocenters. The molecule has 0 aliphatic heterocycles. The SMILES string of the molecule is CO[Si](OC)(O[Si](CCCCN)(c1ccccc1)c1ccccc1)O[Si](CCCCN)(c1ccccc1)c1ccccc1.C[Si](C)(O[Si](CCCN)(c1ccccc1)c1ccccc1)O[Si](CCCN)(c1ccccc1)c1ccccc1. The molecule has 0 radical (unpaired) electrons. The van der Waals surface area contributed by atoms with Gasteiger partial charge in [-0.3, -0.25) is 0 Å². The summed E-state index contributed by atoms with van der Waals surface area (Å²) in [6.45, 7) is 6.98. The molecule has 8 rings (SSSR count). The average molecular weight is 1200 g/mol. The lowest BCUT2D eigenvalue weighted by Crippen LogP contribution is -2.73. The van der Waals surface area contributed by atoms with Crippen molar-refractivity contribution in [2.24, 2.45) is 22.9 Å². The van der Waals surface area contributed by atoms with E-state index in [-0.39, 0.29) is 0 Å². The molecule has 0 aromatic heterocycles. The number of nitrogens with two attached hydrogens (primary N) is 4. The van der Waals surface area contributed by atoms with Gasteiger partial charge in [-0.05, 0) is 131 Å². The Morgan fingerprint density at radius 2 is 0.439 bits per heavy atom. The van der Waals surface area contributed by atoms with Gasteiger partial charge >= 0.3 is 17.6 Å². The lowest BCUT2D eigenvalue weighted by molar-refractivity contribution is 0.0786. The zero-order valence-corrected chi connectivity index (χ0v) is 54.8. The van der Waals surface area contributed by atoms with E-state index in [9.17, 15) is 0 Å². The van der Waals surface area contributed by atoms with Crippen LogP contribution in [0.2, 0.25) is 37.3 Å². The first-order chi connectivity index (χ1) is 40.0. The Hall–Kier alpha value is -5.34. The van der Waals surface area contributed by atoms with Crippen LogP contribution in [0.5, 0.6) is 0 Å². The van der Waals surface area contributed by atoms with Crippen LogP contribution in [0.3, 0.4) is 0 Å². The third-order valence-corrected chi connectivity index (χ3v) is 42.2. The standard InChI is InChI=1S/C34H46N2O4Si3.C32H42N2O2Si3/c1-37-43(38-2,39-41(29-17-15-27-35,31-19-7-3-8-20-31)32-21-9-4-10-22-32)40-42(30-18-16-28-36,33-23-11-5-12-24-33)34-25-13-6-14-26-34;1-37(2,35-38(27-15-25-33,29-17-7-3-8-18-29)30-19-9-4-10-20-30)36-39(28-16-26-34,31-21-11-5-12-22-31)32-23-13-6-14-24-32/h3-14,19-26H,15-18,27-30,35-36H2,1-2H3;3-14,17-24H,15-16,25-28,33-34H2,1-2H3. The van der Waals surface area contributed by atoms with E-state index in [1.54, 1.807) is 14.2 Å². The minimum atomic E-state index is -3.80. The molecule has 82 heavy (non-hydrogen) atoms. The van der Waals surface area contributed by atoms with Gasteiger partial charge in [-0.15, -0.1) is 0 Å². The highest BCUT2D eigenvalue weighted by molar-refractivity contribution is 7.06. The molecule has 0 bridgehead atoms. The number of rotatable bonds is 32. The summed E-state index contributed by atoms with van der Waals surface area (Å²) < 4.78 is 43.0. The second kappa shape index (κ2) is 32.1. The smallest absolute Gasteiger partial charge is 0.429 e. The van der Waals surface area contributed by atoms with Crippen LogP contribution < -0.4 is 64.4 Å². The van der Waals surface area contributed by atoms with Crippen LogP contribution in [0.25, 0.3) is 0 Å². The fourth-order valence-corrected chi connectivity index (χ4v) is 42.0. The van der Waals surface area contributed by atoms with Crippen molar-refractivity contribution in [1.82, 2.24) is 0 Å². The number of hydrogen-bond acceptors (Lipinski definition) is 10. The van der Waals surface area contributed by atoms with Gasteiger partial charge in [0.25, 0.3) is 16.6 Å². The topological polar surface area (TPSA) is 159 Å². The van der Waals surface area contributed by atoms with E-state index in [1.807, 2.05) is 24.3 Å². The van der Waals surface area contributed by atoms with E-state index in [0.29, 0.717) is 26.2 Å². The van der Waals surface area contributed by atoms with Gasteiger partial charge in [0.05, 0.1) is 0 Å². The first-order valence-electron chi connectivity index (χ1n) is 29.2. The molecule has 0 heterocycles. The summed E-state index contributed by atoms with van der Waals surface area (Å²) in [5.41, 5.74) is 24.2. The summed E-state index contributed by atoms with van der Waals surface area (Å²) in [4.78, 5) is 0. The highest BCUT2D eigenvalue weighted by Gasteiger charge is 2.59. The molecule has 0 unspecified atom stereocenters. The average Bonchev–Trinajstić information content (AvgIpc) is 3.71. The second-order valence-electron chi connectivity index (χ2n) is 21.2. The monoisotopic (exact) mass is 1200 g/mol. The fourth-order valence-electron chi connectivity index (χ4n) is 11.5. The maximum atomic E-state index is 7.58. The van der Waals surface area contributed by atoms with Crippen LogP contribution in [0, 0.1) is 0 Å². The molecule has 0 saturated carbocycles. The Bertz CT molecular complexity index is 2650. The van der Waals surface area contributed by atoms with Crippen molar-refractivity contribution in [3.63, 3.8) is 0 Å². The zero-order chi connectivity index (χ0) is 58.0. The van der Waals surface area contributed by atoms with Crippen molar-refractivity contribution < 1.29 is 25.3 Å². The van der Waals surface area contributed by atoms with E-state index >= 15 is 0 Å². The third kappa shape index (κ3) is 16.1. The molecule has 0 saturated heterocycles. The molecule has 16 heteroatoms. The number of hydrogen-bond donors (Lipinski definition) is 4. The van der Waals surface area contributed by atoms with Gasteiger partial charge in [0.15, 0.2) is 0 Å². The zero-order valence-electron chi connectivity index (χ0n) is 48.8. The molecule has 0 amide bonds. The van der Waals surface area contributed by atoms with Crippen molar-refractivity contribution in [2.45, 2.75) is 75.8 Å². The quantitative estimate of drug-likeness (QED) is 0.0244. The van der Waals surface area contributed by atoms with E-state index in [1.165, 1.54) is 20.7 Å². The molecule has 8 aromatic rings. The second-order valence-corrected chi connectivity index (χ2v) is 42.3. The molecule has 0 aliphatic carbocycles. The third-order valence-electron chi connectivity index (χ3n) is 15.3. The number of unbranched alkanes of at least 4 members (excludes halogenated alkanes) is 2. The molecule has 0 fully saturated rings. The normalized spacial score (nSPS) is 12.4. The Balaban J connectivity index is 0.000000237. The molecule has 0 aliphatic rings. The summed E-state index contributed by atoms with van der Waals surface area (Å²) in [6.07, 6.45) is 5.43. The van der Waals surface area contributed by atoms with Gasteiger partial charge in [0.2, 0.25) is 16.6 Å². The van der Waals surface area contributed by atoms with Gasteiger partial charge < -0.3 is 48.2 Å². The van der Waals surface area contributed by atoms with Crippen LogP contribution in [-0.2, 0) is 25.3 Å². The molecule has 10 nitrogen and oxygen atoms in total. The van der Waals surface area contributed by atoms with E-state index in [0.717, 1.165) is 83.4 Å². The Labute approximate surface area is 496 Å². The summed E-state index contributed by atoms with van der Waals surface area (Å²) in [7, 11) is -14.5. The first-order valence-corrected chi connectivity index (χ1v) is 42.1. The molecule has 0 spiro atoms. The lowest BCUT2D eigenvalue weighted by Gasteiger charge is -2.44. The maximum absolute atomic E-state index is 7.58. The van der Waals surface area contributed by atoms with E-state index < -0.39 is 50.9 Å². The van der Waals surface area contributed by atoms with Crippen molar-refractivity contribution in [1.29, 1.82) is 0 Å². The van der Waals surface area contributed by atoms with Gasteiger partial charge in [-0.25, -0.2) is 0 Å². The fraction of sp³-hybridized carbons (Fsp3) is 0.273. The molecular weight excluding hydrogens is 1110 g/mol. The summed E-state index contributed by atoms with van der Waals surface area (Å²) in [6, 6.07) is 88.8. The minimum Gasteiger partial charge on any atom is -0.429 e. The minimum absolute atomic E-state index is 0.626. The predicted molar refractivity (Wildman–Crippen MR) is 356 cm³/mol. The van der Waals surface area contributed by atoms with Crippen molar-refractivity contribution in [3.05, 3.63) is 243 Å². The number of benzene rings is 8. The van der Waals surface area contributed by atoms with E-state index in [2.05, 4.69) is 231 Å². The van der Waals surface area contributed by atoms with Crippen molar-refractivity contribution in [3.8, 4) is 0 Å². The van der Waals surface area contributed by atoms with Crippen LogP contribution >= 0.6 is 0 Å². The summed E-state index contributed by atoms with van der Waals surface area (Å²) >= 11 is 0. The van der Waals surface area contributed by atoms with E-state index in [4.69, 9.17) is 48.2 Å². The highest BCUT2D eigenvalue weighted by atomic mass is 28.5. The van der Waals surface area contributed by atoms with Crippen LogP contribution in [0.1, 0.15) is 38.5 Å². The van der Waals surface area contributed by atoms with Crippen molar-refractivity contribution >= 4 is 92.4 Å². The Morgan fingerprint density at radius 1 is 0.256 bits per heavy atom. The molecular formula is C66H88N4O6Si6. The van der Waals surface area contributed by atoms with Gasteiger partial charge in [0, 0.05) is 14.2 Å². The first kappa shape index (κ1) is 64.2. The largest absolute Gasteiger partial charge is 0.658 e. The maximum Gasteiger partial charge on any atom is 0.658 e. The van der Waals surface area contributed by atoms with Crippen LogP contribution in [0.15, 0.2) is 243 Å². The van der Waals surface area contributed by atoms with Crippen LogP contribution in [-0.4, -0.2) is 91.3 Å². The molecule has 432 valence electrons. The molecule has 8 N–H and O–H groups in total. The van der Waals surface area contributed by atoms with Crippen LogP contribution in [0.4, 0.5) is 0 Å².